The zero-order valence-electron chi connectivity index (χ0n) is 16.1. The Balaban J connectivity index is 1.54. The van der Waals surface area contributed by atoms with Crippen molar-refractivity contribution in [2.45, 2.75) is 12.8 Å². The van der Waals surface area contributed by atoms with E-state index in [9.17, 15) is 9.59 Å². The fraction of sp³-hybridized carbons (Fsp3) is 0.190. The van der Waals surface area contributed by atoms with Crippen LogP contribution in [0.5, 0.6) is 11.5 Å². The molecule has 3 aromatic rings. The van der Waals surface area contributed by atoms with Gasteiger partial charge < -0.3 is 20.1 Å². The van der Waals surface area contributed by atoms with Crippen LogP contribution in [0.1, 0.15) is 11.3 Å². The van der Waals surface area contributed by atoms with Gasteiger partial charge in [-0.1, -0.05) is 30.3 Å². The molecule has 150 valence electrons. The van der Waals surface area contributed by atoms with Crippen LogP contribution in [0.2, 0.25) is 0 Å². The number of methoxy groups -OCH3 is 2. The Morgan fingerprint density at radius 1 is 0.931 bits per heavy atom. The van der Waals surface area contributed by atoms with Crippen molar-refractivity contribution in [3.8, 4) is 11.5 Å². The molecule has 8 heteroatoms. The van der Waals surface area contributed by atoms with Gasteiger partial charge >= 0.3 is 0 Å². The normalized spacial score (nSPS) is 10.3. The van der Waals surface area contributed by atoms with Crippen LogP contribution in [0.3, 0.4) is 0 Å². The largest absolute Gasteiger partial charge is 0.493 e. The molecule has 1 aromatic heterocycles. The predicted octanol–water partition coefficient (Wildman–Crippen LogP) is 3.52. The van der Waals surface area contributed by atoms with Crippen LogP contribution in [-0.4, -0.2) is 31.0 Å². The third kappa shape index (κ3) is 5.79. The number of carbonyl (C=O) groups is 2. The molecule has 0 unspecified atom stereocenters. The van der Waals surface area contributed by atoms with Crippen molar-refractivity contribution < 1.29 is 19.1 Å². The summed E-state index contributed by atoms with van der Waals surface area (Å²) in [5.41, 5.74) is 2.11. The highest BCUT2D eigenvalue weighted by atomic mass is 32.1. The highest BCUT2D eigenvalue weighted by Crippen LogP contribution is 2.29. The lowest BCUT2D eigenvalue weighted by molar-refractivity contribution is -0.116. The minimum absolute atomic E-state index is 0.0966. The third-order valence-corrected chi connectivity index (χ3v) is 4.82. The van der Waals surface area contributed by atoms with Gasteiger partial charge in [0.25, 0.3) is 0 Å². The molecule has 0 bridgehead atoms. The molecule has 1 heterocycles. The first kappa shape index (κ1) is 20.3. The lowest BCUT2D eigenvalue weighted by Gasteiger charge is -2.10. The summed E-state index contributed by atoms with van der Waals surface area (Å²) in [7, 11) is 3.08. The Morgan fingerprint density at radius 2 is 1.66 bits per heavy atom. The molecule has 0 atom stereocenters. The lowest BCUT2D eigenvalue weighted by atomic mass is 10.1. The van der Waals surface area contributed by atoms with Gasteiger partial charge in [-0.15, -0.1) is 11.3 Å². The molecule has 0 radical (unpaired) electrons. The Kier molecular flexibility index (Phi) is 6.80. The van der Waals surface area contributed by atoms with Crippen molar-refractivity contribution in [1.29, 1.82) is 0 Å². The molecule has 7 nitrogen and oxygen atoms in total. The Morgan fingerprint density at radius 3 is 2.38 bits per heavy atom. The average Bonchev–Trinajstić information content (AvgIpc) is 3.14. The summed E-state index contributed by atoms with van der Waals surface area (Å²) in [5.74, 6) is 0.750. The summed E-state index contributed by atoms with van der Waals surface area (Å²) in [4.78, 5) is 28.7. The standard InChI is InChI=1S/C21H21N3O4S/c1-27-17-9-8-15(11-18(17)28-2)22-20(26)12-16-13-29-21(23-16)24-19(25)10-14-6-4-3-5-7-14/h3-9,11,13H,10,12H2,1-2H3,(H,22,26)(H,23,24,25). The van der Waals surface area contributed by atoms with Gasteiger partial charge in [0.15, 0.2) is 16.6 Å². The van der Waals surface area contributed by atoms with Crippen molar-refractivity contribution in [3.63, 3.8) is 0 Å². The maximum absolute atomic E-state index is 12.3. The molecule has 2 N–H and O–H groups in total. The highest BCUT2D eigenvalue weighted by molar-refractivity contribution is 7.13. The number of carbonyl (C=O) groups excluding carboxylic acids is 2. The predicted molar refractivity (Wildman–Crippen MR) is 113 cm³/mol. The van der Waals surface area contributed by atoms with Gasteiger partial charge in [0.1, 0.15) is 0 Å². The highest BCUT2D eigenvalue weighted by Gasteiger charge is 2.12. The first-order valence-electron chi connectivity index (χ1n) is 8.87. The first-order valence-corrected chi connectivity index (χ1v) is 9.75. The van der Waals surface area contributed by atoms with E-state index < -0.39 is 0 Å². The van der Waals surface area contributed by atoms with E-state index in [0.717, 1.165) is 5.56 Å². The van der Waals surface area contributed by atoms with Crippen LogP contribution in [0, 0.1) is 0 Å². The molecule has 0 saturated heterocycles. The average molecular weight is 411 g/mol. The number of thiazole rings is 1. The minimum atomic E-state index is -0.218. The molecular weight excluding hydrogens is 390 g/mol. The molecule has 0 aliphatic heterocycles. The van der Waals surface area contributed by atoms with Crippen LogP contribution < -0.4 is 20.1 Å². The van der Waals surface area contributed by atoms with Gasteiger partial charge in [0.05, 0.1) is 32.8 Å². The van der Waals surface area contributed by atoms with E-state index in [2.05, 4.69) is 15.6 Å². The van der Waals surface area contributed by atoms with E-state index in [-0.39, 0.29) is 24.7 Å². The number of aromatic nitrogens is 1. The number of benzene rings is 2. The molecule has 29 heavy (non-hydrogen) atoms. The van der Waals surface area contributed by atoms with Crippen LogP contribution in [0.25, 0.3) is 0 Å². The molecule has 0 spiro atoms. The van der Waals surface area contributed by atoms with E-state index in [4.69, 9.17) is 9.47 Å². The minimum Gasteiger partial charge on any atom is -0.493 e. The molecule has 3 rings (SSSR count). The van der Waals surface area contributed by atoms with Crippen LogP contribution in [0.15, 0.2) is 53.9 Å². The van der Waals surface area contributed by atoms with E-state index in [1.54, 1.807) is 30.7 Å². The summed E-state index contributed by atoms with van der Waals surface area (Å²) in [6, 6.07) is 14.6. The zero-order valence-corrected chi connectivity index (χ0v) is 16.9. The topological polar surface area (TPSA) is 89.6 Å². The summed E-state index contributed by atoms with van der Waals surface area (Å²) in [5, 5.41) is 7.80. The van der Waals surface area contributed by atoms with Crippen molar-refractivity contribution in [1.82, 2.24) is 4.98 Å². The van der Waals surface area contributed by atoms with Gasteiger partial charge in [0, 0.05) is 17.1 Å². The van der Waals surface area contributed by atoms with E-state index in [0.29, 0.717) is 28.0 Å². The van der Waals surface area contributed by atoms with Crippen molar-refractivity contribution >= 4 is 34.0 Å². The molecule has 0 aliphatic rings. The second kappa shape index (κ2) is 9.70. The van der Waals surface area contributed by atoms with E-state index in [1.165, 1.54) is 18.4 Å². The van der Waals surface area contributed by atoms with Gasteiger partial charge in [-0.3, -0.25) is 9.59 Å². The number of hydrogen-bond donors (Lipinski definition) is 2. The number of hydrogen-bond acceptors (Lipinski definition) is 6. The molecule has 2 aromatic carbocycles. The second-order valence-electron chi connectivity index (χ2n) is 6.15. The number of rotatable bonds is 8. The Hall–Kier alpha value is -3.39. The monoisotopic (exact) mass is 411 g/mol. The summed E-state index contributed by atoms with van der Waals surface area (Å²) in [6.07, 6.45) is 0.370. The number of anilines is 2. The third-order valence-electron chi connectivity index (χ3n) is 4.01. The number of nitrogens with one attached hydrogen (secondary N) is 2. The van der Waals surface area contributed by atoms with Crippen molar-refractivity contribution in [2.24, 2.45) is 0 Å². The molecule has 0 aliphatic carbocycles. The Labute approximate surface area is 172 Å². The van der Waals surface area contributed by atoms with E-state index in [1.807, 2.05) is 30.3 Å². The van der Waals surface area contributed by atoms with Crippen molar-refractivity contribution in [2.75, 3.05) is 24.9 Å². The number of nitrogens with zero attached hydrogens (tertiary/aromatic N) is 1. The molecular formula is C21H21N3O4S. The maximum atomic E-state index is 12.3. The molecule has 2 amide bonds. The first-order chi connectivity index (χ1) is 14.1. The van der Waals surface area contributed by atoms with Crippen LogP contribution >= 0.6 is 11.3 Å². The van der Waals surface area contributed by atoms with E-state index >= 15 is 0 Å². The number of ether oxygens (including phenoxy) is 2. The van der Waals surface area contributed by atoms with Gasteiger partial charge in [-0.2, -0.15) is 0 Å². The van der Waals surface area contributed by atoms with Gasteiger partial charge in [0.2, 0.25) is 11.8 Å². The lowest BCUT2D eigenvalue weighted by Crippen LogP contribution is -2.16. The van der Waals surface area contributed by atoms with Crippen LogP contribution in [0.4, 0.5) is 10.8 Å². The quantitative estimate of drug-likeness (QED) is 0.592. The molecule has 0 saturated carbocycles. The zero-order chi connectivity index (χ0) is 20.6. The maximum Gasteiger partial charge on any atom is 0.230 e. The smallest absolute Gasteiger partial charge is 0.230 e. The summed E-state index contributed by atoms with van der Waals surface area (Å²) >= 11 is 1.29. The molecule has 0 fully saturated rings. The van der Waals surface area contributed by atoms with Crippen LogP contribution in [-0.2, 0) is 22.4 Å². The summed E-state index contributed by atoms with van der Waals surface area (Å²) < 4.78 is 10.4. The fourth-order valence-corrected chi connectivity index (χ4v) is 3.40. The number of amides is 2. The second-order valence-corrected chi connectivity index (χ2v) is 7.01. The summed E-state index contributed by atoms with van der Waals surface area (Å²) in [6.45, 7) is 0. The van der Waals surface area contributed by atoms with Crippen molar-refractivity contribution in [3.05, 3.63) is 65.2 Å². The van der Waals surface area contributed by atoms with Gasteiger partial charge in [-0.25, -0.2) is 4.98 Å². The van der Waals surface area contributed by atoms with Gasteiger partial charge in [-0.05, 0) is 17.7 Å². The SMILES string of the molecule is COc1ccc(NC(=O)Cc2csc(NC(=O)Cc3ccccc3)n2)cc1OC. The Bertz CT molecular complexity index is 989. The fourth-order valence-electron chi connectivity index (χ4n) is 2.67.